The lowest BCUT2D eigenvalue weighted by Gasteiger charge is -2.28. The summed E-state index contributed by atoms with van der Waals surface area (Å²) in [5.74, 6) is 1.27. The number of H-pyrrole nitrogens is 1. The third-order valence-electron chi connectivity index (χ3n) is 6.52. The molecule has 1 amide bonds. The predicted molar refractivity (Wildman–Crippen MR) is 105 cm³/mol. The molecule has 0 bridgehead atoms. The normalized spacial score (nSPS) is 20.9. The first-order valence-corrected chi connectivity index (χ1v) is 9.90. The molecule has 1 unspecified atom stereocenters. The highest BCUT2D eigenvalue weighted by Gasteiger charge is 2.51. The number of carbonyl (C=O) groups excluding carboxylic acids is 1. The van der Waals surface area contributed by atoms with Crippen molar-refractivity contribution >= 4 is 5.91 Å². The fraction of sp³-hybridized carbons (Fsp3) is 0.429. The number of aryl methyl sites for hydroxylation is 1. The first-order valence-electron chi connectivity index (χ1n) is 9.90. The van der Waals surface area contributed by atoms with Gasteiger partial charge in [0.15, 0.2) is 0 Å². The van der Waals surface area contributed by atoms with E-state index in [-0.39, 0.29) is 17.2 Å². The number of amides is 1. The third kappa shape index (κ3) is 2.65. The molecule has 5 rings (SSSR count). The maximum atomic E-state index is 13.5. The number of aromatic amines is 1. The van der Waals surface area contributed by atoms with Crippen LogP contribution in [-0.2, 0) is 7.05 Å². The molecular formula is C21H24N6O. The number of nitrogens with one attached hydrogen (secondary N) is 1. The number of hydrogen-bond acceptors (Lipinski definition) is 4. The Morgan fingerprint density at radius 2 is 2.00 bits per heavy atom. The summed E-state index contributed by atoms with van der Waals surface area (Å²) in [7, 11) is 1.99. The summed E-state index contributed by atoms with van der Waals surface area (Å²) in [6.07, 6.45) is 8.14. The van der Waals surface area contributed by atoms with Gasteiger partial charge in [-0.15, -0.1) is 10.2 Å². The van der Waals surface area contributed by atoms with Crippen LogP contribution in [0.1, 0.15) is 47.8 Å². The van der Waals surface area contributed by atoms with E-state index in [1.165, 1.54) is 12.8 Å². The molecule has 2 fully saturated rings. The molecule has 1 saturated carbocycles. The maximum absolute atomic E-state index is 13.5. The van der Waals surface area contributed by atoms with Crippen molar-refractivity contribution in [1.82, 2.24) is 29.9 Å². The molecule has 1 atom stereocenters. The molecule has 1 aromatic carbocycles. The van der Waals surface area contributed by atoms with Crippen molar-refractivity contribution in [1.29, 1.82) is 0 Å². The number of carbonyl (C=O) groups is 1. The van der Waals surface area contributed by atoms with Gasteiger partial charge in [-0.2, -0.15) is 5.10 Å². The quantitative estimate of drug-likeness (QED) is 0.762. The van der Waals surface area contributed by atoms with Gasteiger partial charge in [0.05, 0.1) is 17.5 Å². The molecular weight excluding hydrogens is 352 g/mol. The number of nitrogens with zero attached hydrogens (tertiary/aromatic N) is 5. The van der Waals surface area contributed by atoms with Crippen molar-refractivity contribution in [2.45, 2.75) is 31.6 Å². The van der Waals surface area contributed by atoms with E-state index >= 15 is 0 Å². The lowest BCUT2D eigenvalue weighted by atomic mass is 9.76. The summed E-state index contributed by atoms with van der Waals surface area (Å²) in [5.41, 5.74) is 2.52. The Hall–Kier alpha value is -2.96. The summed E-state index contributed by atoms with van der Waals surface area (Å²) >= 11 is 0. The van der Waals surface area contributed by atoms with Crippen LogP contribution in [0, 0.1) is 5.41 Å². The summed E-state index contributed by atoms with van der Waals surface area (Å²) < 4.78 is 2.01. The summed E-state index contributed by atoms with van der Waals surface area (Å²) in [6, 6.07) is 9.90. The van der Waals surface area contributed by atoms with Crippen LogP contribution in [0.3, 0.4) is 0 Å². The zero-order valence-electron chi connectivity index (χ0n) is 16.0. The highest BCUT2D eigenvalue weighted by molar-refractivity contribution is 6.00. The van der Waals surface area contributed by atoms with Crippen molar-refractivity contribution in [2.75, 3.05) is 13.1 Å². The first-order chi connectivity index (χ1) is 13.7. The van der Waals surface area contributed by atoms with Gasteiger partial charge >= 0.3 is 0 Å². The average molecular weight is 376 g/mol. The van der Waals surface area contributed by atoms with E-state index in [9.17, 15) is 4.79 Å². The second-order valence-electron chi connectivity index (χ2n) is 8.13. The van der Waals surface area contributed by atoms with Gasteiger partial charge in [-0.05, 0) is 18.3 Å². The predicted octanol–water partition coefficient (Wildman–Crippen LogP) is 3.01. The van der Waals surface area contributed by atoms with Crippen LogP contribution in [0.15, 0.2) is 42.9 Å². The molecule has 1 spiro atoms. The number of rotatable bonds is 3. The Kier molecular flexibility index (Phi) is 4.03. The molecule has 144 valence electrons. The van der Waals surface area contributed by atoms with Crippen LogP contribution in [0.25, 0.3) is 11.3 Å². The van der Waals surface area contributed by atoms with Crippen molar-refractivity contribution in [3.05, 3.63) is 54.2 Å². The van der Waals surface area contributed by atoms with Gasteiger partial charge in [-0.1, -0.05) is 43.2 Å². The largest absolute Gasteiger partial charge is 0.337 e. The lowest BCUT2D eigenvalue weighted by Crippen LogP contribution is -2.31. The van der Waals surface area contributed by atoms with Crippen LogP contribution in [0.4, 0.5) is 0 Å². The lowest BCUT2D eigenvalue weighted by molar-refractivity contribution is 0.0774. The third-order valence-corrected chi connectivity index (χ3v) is 6.52. The van der Waals surface area contributed by atoms with Crippen molar-refractivity contribution in [3.63, 3.8) is 0 Å². The Morgan fingerprint density at radius 1 is 1.21 bits per heavy atom. The van der Waals surface area contributed by atoms with E-state index in [1.54, 1.807) is 12.5 Å². The molecule has 1 N–H and O–H groups in total. The van der Waals surface area contributed by atoms with Gasteiger partial charge in [-0.3, -0.25) is 9.89 Å². The van der Waals surface area contributed by atoms with Gasteiger partial charge < -0.3 is 9.47 Å². The summed E-state index contributed by atoms with van der Waals surface area (Å²) in [4.78, 5) is 15.5. The first kappa shape index (κ1) is 17.2. The molecule has 1 saturated heterocycles. The monoisotopic (exact) mass is 376 g/mol. The van der Waals surface area contributed by atoms with Crippen LogP contribution in [-0.4, -0.2) is 48.9 Å². The van der Waals surface area contributed by atoms with Crippen LogP contribution in [0.2, 0.25) is 0 Å². The SMILES string of the molecule is Cn1cnnc1C1CN(C(=O)c2cn[nH]c2-c2ccccc2)CC12CCCC2. The number of benzene rings is 1. The van der Waals surface area contributed by atoms with Gasteiger partial charge in [0, 0.05) is 31.6 Å². The van der Waals surface area contributed by atoms with E-state index < -0.39 is 0 Å². The van der Waals surface area contributed by atoms with Crippen LogP contribution < -0.4 is 0 Å². The topological polar surface area (TPSA) is 79.7 Å². The molecule has 7 nitrogen and oxygen atoms in total. The van der Waals surface area contributed by atoms with E-state index in [1.807, 2.05) is 46.8 Å². The molecule has 3 aromatic rings. The van der Waals surface area contributed by atoms with Gasteiger partial charge in [-0.25, -0.2) is 0 Å². The number of likely N-dealkylation sites (tertiary alicyclic amines) is 1. The zero-order chi connectivity index (χ0) is 19.1. The molecule has 0 radical (unpaired) electrons. The maximum Gasteiger partial charge on any atom is 0.257 e. The van der Waals surface area contributed by atoms with Crippen LogP contribution in [0.5, 0.6) is 0 Å². The Bertz CT molecular complexity index is 985. The standard InChI is InChI=1S/C21H24N6O/c1-26-14-23-25-19(26)17-12-27(13-21(17)9-5-6-10-21)20(28)16-11-22-24-18(16)15-7-3-2-4-8-15/h2-4,7-8,11,14,17H,5-6,9-10,12-13H2,1H3,(H,22,24). The van der Waals surface area contributed by atoms with Crippen molar-refractivity contribution < 1.29 is 4.79 Å². The number of aromatic nitrogens is 5. The summed E-state index contributed by atoms with van der Waals surface area (Å²) in [5, 5.41) is 15.7. The Balaban J connectivity index is 1.47. The summed E-state index contributed by atoms with van der Waals surface area (Å²) in [6.45, 7) is 1.47. The molecule has 1 aliphatic carbocycles. The van der Waals surface area contributed by atoms with Gasteiger partial charge in [0.2, 0.25) is 0 Å². The van der Waals surface area contributed by atoms with Crippen LogP contribution >= 0.6 is 0 Å². The Labute approximate surface area is 163 Å². The molecule has 28 heavy (non-hydrogen) atoms. The van der Waals surface area contributed by atoms with E-state index in [0.29, 0.717) is 12.1 Å². The van der Waals surface area contributed by atoms with E-state index in [4.69, 9.17) is 0 Å². The second-order valence-corrected chi connectivity index (χ2v) is 8.13. The molecule has 7 heteroatoms. The minimum Gasteiger partial charge on any atom is -0.337 e. The zero-order valence-corrected chi connectivity index (χ0v) is 16.0. The number of hydrogen-bond donors (Lipinski definition) is 1. The molecule has 1 aliphatic heterocycles. The highest BCUT2D eigenvalue weighted by atomic mass is 16.2. The molecule has 2 aliphatic rings. The second kappa shape index (κ2) is 6.58. The van der Waals surface area contributed by atoms with Gasteiger partial charge in [0.25, 0.3) is 5.91 Å². The Morgan fingerprint density at radius 3 is 2.71 bits per heavy atom. The fourth-order valence-corrected chi connectivity index (χ4v) is 5.12. The van der Waals surface area contributed by atoms with Gasteiger partial charge in [0.1, 0.15) is 12.2 Å². The minimum atomic E-state index is 0.0450. The van der Waals surface area contributed by atoms with E-state index in [0.717, 1.165) is 36.5 Å². The smallest absolute Gasteiger partial charge is 0.257 e. The van der Waals surface area contributed by atoms with Crippen molar-refractivity contribution in [3.8, 4) is 11.3 Å². The minimum absolute atomic E-state index is 0.0450. The average Bonchev–Trinajstić information content (AvgIpc) is 3.50. The molecule has 3 heterocycles. The fourth-order valence-electron chi connectivity index (χ4n) is 5.12. The highest BCUT2D eigenvalue weighted by Crippen LogP contribution is 2.53. The molecule has 2 aromatic heterocycles. The van der Waals surface area contributed by atoms with E-state index in [2.05, 4.69) is 20.4 Å². The van der Waals surface area contributed by atoms with Crippen molar-refractivity contribution in [2.24, 2.45) is 12.5 Å².